The Hall–Kier alpha value is -2.67. The fraction of sp³-hybridized carbons (Fsp3) is 0.333. The molecule has 2 aromatic rings. The van der Waals surface area contributed by atoms with Gasteiger partial charge in [0.05, 0.1) is 5.92 Å². The number of piperidine rings is 1. The number of carbonyl (C=O) groups excluding carboxylic acids is 1. The standard InChI is InChI=1S/C21H22N2O4S/c1-15-8-10-16(11-9-15)14-27-21(24)17-5-4-12-23(13-17)20-18-6-2-3-7-19(18)28(25,26)22-20/h2-3,6-11,17H,4-5,12-14H2,1H3/t17-/m0/s1. The molecule has 2 aliphatic rings. The molecule has 2 aromatic carbocycles. The van der Waals surface area contributed by atoms with Crippen LogP contribution in [-0.4, -0.2) is 38.2 Å². The number of nitrogens with zero attached hydrogens (tertiary/aromatic N) is 2. The van der Waals surface area contributed by atoms with Crippen molar-refractivity contribution in [3.63, 3.8) is 0 Å². The number of carbonyl (C=O) groups is 1. The molecular formula is C21H22N2O4S. The number of esters is 1. The second kappa shape index (κ2) is 7.39. The van der Waals surface area contributed by atoms with E-state index in [9.17, 15) is 13.2 Å². The van der Waals surface area contributed by atoms with Crippen LogP contribution in [0.2, 0.25) is 0 Å². The van der Waals surface area contributed by atoms with Crippen LogP contribution in [0.1, 0.15) is 29.5 Å². The van der Waals surface area contributed by atoms with E-state index in [-0.39, 0.29) is 23.4 Å². The third-order valence-corrected chi connectivity index (χ3v) is 6.49. The van der Waals surface area contributed by atoms with Crippen LogP contribution in [0, 0.1) is 12.8 Å². The largest absolute Gasteiger partial charge is 0.461 e. The second-order valence-corrected chi connectivity index (χ2v) is 8.84. The van der Waals surface area contributed by atoms with E-state index >= 15 is 0 Å². The van der Waals surface area contributed by atoms with Gasteiger partial charge >= 0.3 is 5.97 Å². The van der Waals surface area contributed by atoms with Crippen LogP contribution in [0.4, 0.5) is 0 Å². The molecule has 1 atom stereocenters. The molecule has 0 bridgehead atoms. The highest BCUT2D eigenvalue weighted by atomic mass is 32.2. The van der Waals surface area contributed by atoms with Crippen LogP contribution >= 0.6 is 0 Å². The van der Waals surface area contributed by atoms with E-state index in [2.05, 4.69) is 4.40 Å². The lowest BCUT2D eigenvalue weighted by molar-refractivity contribution is -0.151. The highest BCUT2D eigenvalue weighted by Crippen LogP contribution is 2.30. The van der Waals surface area contributed by atoms with Gasteiger partial charge in [-0.15, -0.1) is 4.40 Å². The third-order valence-electron chi connectivity index (χ3n) is 5.17. The summed E-state index contributed by atoms with van der Waals surface area (Å²) in [6.45, 7) is 3.34. The van der Waals surface area contributed by atoms with Gasteiger partial charge in [0.1, 0.15) is 11.5 Å². The maximum atomic E-state index is 12.6. The average molecular weight is 398 g/mol. The lowest BCUT2D eigenvalue weighted by atomic mass is 9.97. The second-order valence-electron chi connectivity index (χ2n) is 7.26. The molecule has 0 spiro atoms. The Bertz CT molecular complexity index is 1030. The van der Waals surface area contributed by atoms with E-state index in [4.69, 9.17) is 4.74 Å². The molecule has 1 fully saturated rings. The zero-order valence-corrected chi connectivity index (χ0v) is 16.5. The minimum absolute atomic E-state index is 0.231. The summed E-state index contributed by atoms with van der Waals surface area (Å²) in [5, 5.41) is 0. The number of sulfonamides is 1. The first kappa shape index (κ1) is 18.7. The fourth-order valence-corrected chi connectivity index (χ4v) is 4.86. The quantitative estimate of drug-likeness (QED) is 0.743. The molecule has 0 unspecified atom stereocenters. The molecule has 4 rings (SSSR count). The lowest BCUT2D eigenvalue weighted by Gasteiger charge is -2.32. The first-order valence-corrected chi connectivity index (χ1v) is 10.8. The van der Waals surface area contributed by atoms with Crippen LogP contribution < -0.4 is 0 Å². The van der Waals surface area contributed by atoms with Gasteiger partial charge in [0.25, 0.3) is 10.0 Å². The first-order chi connectivity index (χ1) is 13.4. The predicted molar refractivity (Wildman–Crippen MR) is 105 cm³/mol. The van der Waals surface area contributed by atoms with Crippen molar-refractivity contribution in [2.75, 3.05) is 13.1 Å². The van der Waals surface area contributed by atoms with E-state index < -0.39 is 10.0 Å². The van der Waals surface area contributed by atoms with Gasteiger partial charge in [0.2, 0.25) is 0 Å². The Labute approximate surface area is 164 Å². The Morgan fingerprint density at radius 2 is 1.93 bits per heavy atom. The molecule has 2 aliphatic heterocycles. The van der Waals surface area contributed by atoms with E-state index in [1.165, 1.54) is 0 Å². The Balaban J connectivity index is 1.45. The monoisotopic (exact) mass is 398 g/mol. The zero-order chi connectivity index (χ0) is 19.7. The van der Waals surface area contributed by atoms with Gasteiger partial charge in [-0.3, -0.25) is 4.79 Å². The number of amidine groups is 1. The van der Waals surface area contributed by atoms with Crippen molar-refractivity contribution in [1.29, 1.82) is 0 Å². The van der Waals surface area contributed by atoms with Crippen molar-refractivity contribution in [1.82, 2.24) is 4.90 Å². The maximum absolute atomic E-state index is 12.6. The molecule has 0 N–H and O–H groups in total. The normalized spacial score (nSPS) is 20.4. The number of hydrogen-bond donors (Lipinski definition) is 0. The Morgan fingerprint density at radius 3 is 2.71 bits per heavy atom. The summed E-state index contributed by atoms with van der Waals surface area (Å²) in [5.41, 5.74) is 2.72. The summed E-state index contributed by atoms with van der Waals surface area (Å²) < 4.78 is 34.1. The van der Waals surface area contributed by atoms with E-state index in [1.54, 1.807) is 24.3 Å². The molecule has 2 heterocycles. The molecule has 0 aliphatic carbocycles. The summed E-state index contributed by atoms with van der Waals surface area (Å²) in [4.78, 5) is 14.7. The molecule has 146 valence electrons. The summed E-state index contributed by atoms with van der Waals surface area (Å²) in [7, 11) is -3.66. The average Bonchev–Trinajstić information content (AvgIpc) is 2.99. The van der Waals surface area contributed by atoms with Crippen LogP contribution in [-0.2, 0) is 26.2 Å². The number of rotatable bonds is 3. The van der Waals surface area contributed by atoms with Crippen molar-refractivity contribution in [2.24, 2.45) is 10.3 Å². The van der Waals surface area contributed by atoms with E-state index in [1.807, 2.05) is 36.1 Å². The van der Waals surface area contributed by atoms with Gasteiger partial charge in [-0.05, 0) is 37.5 Å². The highest BCUT2D eigenvalue weighted by Gasteiger charge is 2.35. The number of hydrogen-bond acceptors (Lipinski definition) is 5. The van der Waals surface area contributed by atoms with Crippen molar-refractivity contribution in [3.05, 3.63) is 65.2 Å². The van der Waals surface area contributed by atoms with Gasteiger partial charge in [-0.1, -0.05) is 42.0 Å². The van der Waals surface area contributed by atoms with E-state index in [0.29, 0.717) is 24.5 Å². The minimum Gasteiger partial charge on any atom is -0.461 e. The van der Waals surface area contributed by atoms with Crippen LogP contribution in [0.25, 0.3) is 0 Å². The van der Waals surface area contributed by atoms with Crippen molar-refractivity contribution in [3.8, 4) is 0 Å². The fourth-order valence-electron chi connectivity index (χ4n) is 3.64. The van der Waals surface area contributed by atoms with E-state index in [0.717, 1.165) is 24.0 Å². The molecule has 28 heavy (non-hydrogen) atoms. The molecule has 7 heteroatoms. The third kappa shape index (κ3) is 3.67. The number of benzene rings is 2. The maximum Gasteiger partial charge on any atom is 0.311 e. The summed E-state index contributed by atoms with van der Waals surface area (Å²) in [6.07, 6.45) is 1.51. The van der Waals surface area contributed by atoms with Crippen LogP contribution in [0.5, 0.6) is 0 Å². The number of likely N-dealkylation sites (tertiary alicyclic amines) is 1. The SMILES string of the molecule is Cc1ccc(COC(=O)[C@H]2CCCN(C3=NS(=O)(=O)c4ccccc43)C2)cc1. The topological polar surface area (TPSA) is 76.0 Å². The molecule has 0 radical (unpaired) electrons. The van der Waals surface area contributed by atoms with Crippen molar-refractivity contribution in [2.45, 2.75) is 31.3 Å². The molecule has 0 amide bonds. The molecule has 0 aromatic heterocycles. The smallest absolute Gasteiger partial charge is 0.311 e. The predicted octanol–water partition coefficient (Wildman–Crippen LogP) is 2.90. The van der Waals surface area contributed by atoms with Gasteiger partial charge in [0, 0.05) is 18.7 Å². The first-order valence-electron chi connectivity index (χ1n) is 9.35. The van der Waals surface area contributed by atoms with Crippen molar-refractivity contribution < 1.29 is 17.9 Å². The zero-order valence-electron chi connectivity index (χ0n) is 15.7. The molecular weight excluding hydrogens is 376 g/mol. The van der Waals surface area contributed by atoms with Gasteiger partial charge in [0.15, 0.2) is 5.84 Å². The summed E-state index contributed by atoms with van der Waals surface area (Å²) >= 11 is 0. The Morgan fingerprint density at radius 1 is 1.18 bits per heavy atom. The van der Waals surface area contributed by atoms with Crippen LogP contribution in [0.3, 0.4) is 0 Å². The summed E-state index contributed by atoms with van der Waals surface area (Å²) in [6, 6.07) is 14.7. The minimum atomic E-state index is -3.66. The van der Waals surface area contributed by atoms with Gasteiger partial charge in [-0.25, -0.2) is 0 Å². The Kier molecular flexibility index (Phi) is 4.93. The van der Waals surface area contributed by atoms with Gasteiger partial charge < -0.3 is 9.64 Å². The summed E-state index contributed by atoms with van der Waals surface area (Å²) in [5.74, 6) is -0.107. The molecule has 0 saturated carbocycles. The van der Waals surface area contributed by atoms with Crippen molar-refractivity contribution >= 4 is 21.8 Å². The number of ether oxygens (including phenoxy) is 1. The number of fused-ring (bicyclic) bond motifs is 1. The van der Waals surface area contributed by atoms with Crippen LogP contribution in [0.15, 0.2) is 57.8 Å². The van der Waals surface area contributed by atoms with Gasteiger partial charge in [-0.2, -0.15) is 8.42 Å². The molecule has 1 saturated heterocycles. The molecule has 6 nitrogen and oxygen atoms in total. The highest BCUT2D eigenvalue weighted by molar-refractivity contribution is 7.90. The number of aryl methyl sites for hydroxylation is 1. The lowest BCUT2D eigenvalue weighted by Crippen LogP contribution is -2.42.